The summed E-state index contributed by atoms with van der Waals surface area (Å²) in [6.07, 6.45) is -4.81. The van der Waals surface area contributed by atoms with E-state index in [1.165, 1.54) is 25.3 Å². The molecule has 2 saturated heterocycles. The van der Waals surface area contributed by atoms with Gasteiger partial charge in [-0.25, -0.2) is 33.3 Å². The molecule has 2 fully saturated rings. The first-order chi connectivity index (χ1) is 23.7. The Morgan fingerprint density at radius 1 is 1.00 bits per heavy atom. The normalized spacial score (nSPS) is 17.8. The minimum absolute atomic E-state index is 0.0740. The Kier molecular flexibility index (Phi) is 9.10. The van der Waals surface area contributed by atoms with Crippen molar-refractivity contribution < 1.29 is 45.8 Å². The number of alkyl halides is 4. The summed E-state index contributed by atoms with van der Waals surface area (Å²) in [4.78, 5) is 42.1. The van der Waals surface area contributed by atoms with Crippen molar-refractivity contribution in [3.05, 3.63) is 88.1 Å². The van der Waals surface area contributed by atoms with Gasteiger partial charge in [0.15, 0.2) is 0 Å². The van der Waals surface area contributed by atoms with Gasteiger partial charge in [0, 0.05) is 29.1 Å². The molecule has 4 aromatic rings. The average molecular weight is 698 g/mol. The number of aromatic nitrogens is 3. The van der Waals surface area contributed by atoms with Gasteiger partial charge in [-0.15, -0.1) is 0 Å². The van der Waals surface area contributed by atoms with Crippen LogP contribution in [0.4, 0.5) is 32.7 Å². The van der Waals surface area contributed by atoms with Crippen LogP contribution in [0.15, 0.2) is 48.8 Å². The number of benzene rings is 2. The SMILES string of the molecule is COC(=O)c1cc(C)c(-c2cnc(OC)c(-c3cnc(N4CC(F)C4)nc3CN3C(=O)O[C@H](c4cc(F)cc(C(F)(F)F)c4)[C@@H]3C)c2)c(C)c1. The molecule has 0 unspecified atom stereocenters. The summed E-state index contributed by atoms with van der Waals surface area (Å²) in [5, 5.41) is 0. The number of nitrogens with zero attached hydrogens (tertiary/aromatic N) is 5. The molecular weight excluding hydrogens is 665 g/mol. The second kappa shape index (κ2) is 13.2. The third kappa shape index (κ3) is 6.51. The molecule has 2 aliphatic rings. The summed E-state index contributed by atoms with van der Waals surface area (Å²) >= 11 is 0. The van der Waals surface area contributed by atoms with Gasteiger partial charge in [-0.2, -0.15) is 13.2 Å². The van der Waals surface area contributed by atoms with Crippen LogP contribution in [0.3, 0.4) is 0 Å². The summed E-state index contributed by atoms with van der Waals surface area (Å²) in [6.45, 7) is 5.22. The van der Waals surface area contributed by atoms with Crippen LogP contribution in [0.25, 0.3) is 22.3 Å². The first kappa shape index (κ1) is 34.5. The second-order valence-electron chi connectivity index (χ2n) is 12.2. The monoisotopic (exact) mass is 697 g/mol. The molecule has 0 radical (unpaired) electrons. The zero-order valence-electron chi connectivity index (χ0n) is 27.6. The lowest BCUT2D eigenvalue weighted by molar-refractivity contribution is -0.137. The van der Waals surface area contributed by atoms with Crippen LogP contribution >= 0.6 is 0 Å². The zero-order chi connectivity index (χ0) is 36.1. The standard InChI is InChI=1S/C35H32F5N5O5/c1-17-6-21(32(46)49-5)7-18(2)29(17)22-10-26(31(48-4)41-12-22)27-13-42-33(44-14-25(37)15-44)43-28(27)16-45-19(3)30(50-34(45)47)20-8-23(35(38,39)40)11-24(36)9-20/h6-13,19,25,30H,14-16H2,1-5H3/t19-,30-/m0/s1. The van der Waals surface area contributed by atoms with E-state index in [4.69, 9.17) is 19.2 Å². The van der Waals surface area contributed by atoms with E-state index in [1.807, 2.05) is 19.9 Å². The number of carbonyl (C=O) groups is 2. The quantitative estimate of drug-likeness (QED) is 0.142. The van der Waals surface area contributed by atoms with Crippen molar-refractivity contribution in [1.29, 1.82) is 0 Å². The van der Waals surface area contributed by atoms with E-state index in [1.54, 1.807) is 30.2 Å². The number of ether oxygens (including phenoxy) is 3. The van der Waals surface area contributed by atoms with Crippen LogP contribution in [-0.2, 0) is 22.2 Å². The topological polar surface area (TPSA) is 107 Å². The number of aryl methyl sites for hydroxylation is 2. The first-order valence-corrected chi connectivity index (χ1v) is 15.5. The van der Waals surface area contributed by atoms with E-state index < -0.39 is 47.9 Å². The molecule has 0 aliphatic carbocycles. The fourth-order valence-corrected chi connectivity index (χ4v) is 6.35. The highest BCUT2D eigenvalue weighted by Crippen LogP contribution is 2.40. The molecule has 0 saturated carbocycles. The molecule has 1 amide bonds. The third-order valence-electron chi connectivity index (χ3n) is 8.84. The Balaban J connectivity index is 1.41. The van der Waals surface area contributed by atoms with Crippen molar-refractivity contribution in [3.8, 4) is 28.1 Å². The van der Waals surface area contributed by atoms with E-state index in [-0.39, 0.29) is 37.0 Å². The lowest BCUT2D eigenvalue weighted by Crippen LogP contribution is -2.49. The Labute approximate surface area is 283 Å². The largest absolute Gasteiger partial charge is 0.481 e. The molecule has 0 bridgehead atoms. The summed E-state index contributed by atoms with van der Waals surface area (Å²) in [7, 11) is 2.74. The van der Waals surface area contributed by atoms with Crippen molar-refractivity contribution in [1.82, 2.24) is 19.9 Å². The highest BCUT2D eigenvalue weighted by Gasteiger charge is 2.42. The molecule has 262 valence electrons. The predicted molar refractivity (Wildman–Crippen MR) is 171 cm³/mol. The van der Waals surface area contributed by atoms with Gasteiger partial charge in [0.05, 0.1) is 56.7 Å². The maximum absolute atomic E-state index is 14.3. The number of amides is 1. The Hall–Kier alpha value is -5.34. The van der Waals surface area contributed by atoms with Gasteiger partial charge < -0.3 is 19.1 Å². The number of anilines is 1. The van der Waals surface area contributed by atoms with Crippen LogP contribution in [0.2, 0.25) is 0 Å². The summed E-state index contributed by atoms with van der Waals surface area (Å²) in [5.74, 6) is -1.18. The Morgan fingerprint density at radius 2 is 1.70 bits per heavy atom. The molecule has 2 aliphatic heterocycles. The molecule has 15 heteroatoms. The van der Waals surface area contributed by atoms with Crippen molar-refractivity contribution in [2.45, 2.75) is 51.8 Å². The molecule has 2 atom stereocenters. The van der Waals surface area contributed by atoms with Crippen LogP contribution < -0.4 is 9.64 Å². The van der Waals surface area contributed by atoms with E-state index in [0.29, 0.717) is 34.0 Å². The molecule has 4 heterocycles. The second-order valence-corrected chi connectivity index (χ2v) is 12.2. The van der Waals surface area contributed by atoms with Gasteiger partial charge in [0.25, 0.3) is 0 Å². The zero-order valence-corrected chi connectivity index (χ0v) is 27.6. The summed E-state index contributed by atoms with van der Waals surface area (Å²) < 4.78 is 84.6. The number of pyridine rings is 1. The van der Waals surface area contributed by atoms with Crippen molar-refractivity contribution >= 4 is 18.0 Å². The first-order valence-electron chi connectivity index (χ1n) is 15.5. The van der Waals surface area contributed by atoms with Gasteiger partial charge >= 0.3 is 18.2 Å². The number of hydrogen-bond acceptors (Lipinski definition) is 9. The molecular formula is C35H32F5N5O5. The van der Waals surface area contributed by atoms with E-state index in [9.17, 15) is 31.5 Å². The minimum Gasteiger partial charge on any atom is -0.481 e. The van der Waals surface area contributed by atoms with Crippen molar-refractivity contribution in [2.75, 3.05) is 32.2 Å². The molecule has 2 aromatic heterocycles. The number of halogens is 5. The van der Waals surface area contributed by atoms with Crippen LogP contribution in [0.1, 0.15) is 51.3 Å². The van der Waals surface area contributed by atoms with Gasteiger partial charge in [0.2, 0.25) is 11.8 Å². The minimum atomic E-state index is -4.81. The Morgan fingerprint density at radius 3 is 2.32 bits per heavy atom. The third-order valence-corrected chi connectivity index (χ3v) is 8.84. The van der Waals surface area contributed by atoms with Crippen LogP contribution in [-0.4, -0.2) is 71.4 Å². The highest BCUT2D eigenvalue weighted by molar-refractivity contribution is 5.91. The van der Waals surface area contributed by atoms with Gasteiger partial charge in [-0.1, -0.05) is 0 Å². The molecule has 2 aromatic carbocycles. The van der Waals surface area contributed by atoms with Gasteiger partial charge in [-0.3, -0.25) is 4.90 Å². The maximum Gasteiger partial charge on any atom is 0.416 e. The van der Waals surface area contributed by atoms with E-state index in [0.717, 1.165) is 28.8 Å². The van der Waals surface area contributed by atoms with Gasteiger partial charge in [0.1, 0.15) is 18.1 Å². The number of rotatable bonds is 8. The number of methoxy groups -OCH3 is 2. The molecule has 0 spiro atoms. The number of hydrogen-bond donors (Lipinski definition) is 0. The summed E-state index contributed by atoms with van der Waals surface area (Å²) in [6, 6.07) is 6.42. The number of esters is 1. The lowest BCUT2D eigenvalue weighted by Gasteiger charge is -2.34. The molecule has 6 rings (SSSR count). The molecule has 0 N–H and O–H groups in total. The maximum atomic E-state index is 14.3. The van der Waals surface area contributed by atoms with Crippen molar-refractivity contribution in [3.63, 3.8) is 0 Å². The smallest absolute Gasteiger partial charge is 0.416 e. The van der Waals surface area contributed by atoms with Crippen LogP contribution in [0, 0.1) is 19.7 Å². The predicted octanol–water partition coefficient (Wildman–Crippen LogP) is 7.02. The van der Waals surface area contributed by atoms with E-state index in [2.05, 4.69) is 9.97 Å². The highest BCUT2D eigenvalue weighted by atomic mass is 19.4. The molecule has 10 nitrogen and oxygen atoms in total. The molecule has 50 heavy (non-hydrogen) atoms. The fourth-order valence-electron chi connectivity index (χ4n) is 6.35. The fraction of sp³-hybridized carbons (Fsp3) is 0.343. The lowest BCUT2D eigenvalue weighted by atomic mass is 9.92. The summed E-state index contributed by atoms with van der Waals surface area (Å²) in [5.41, 5.74) is 3.21. The van der Waals surface area contributed by atoms with Crippen molar-refractivity contribution in [2.24, 2.45) is 0 Å². The Bertz CT molecular complexity index is 1960. The van der Waals surface area contributed by atoms with Gasteiger partial charge in [-0.05, 0) is 79.4 Å². The average Bonchev–Trinajstić information content (AvgIpc) is 3.33. The number of carbonyl (C=O) groups excluding carboxylic acids is 2. The van der Waals surface area contributed by atoms with E-state index >= 15 is 0 Å². The van der Waals surface area contributed by atoms with Crippen LogP contribution in [0.5, 0.6) is 5.88 Å². The number of cyclic esters (lactones) is 1.